The minimum Gasteiger partial charge on any atom is -0.490 e. The Morgan fingerprint density at radius 2 is 1.71 bits per heavy atom. The van der Waals surface area contributed by atoms with Gasteiger partial charge in [-0.05, 0) is 0 Å². The fourth-order valence-electron chi connectivity index (χ4n) is 1.20. The van der Waals surface area contributed by atoms with Crippen LogP contribution in [0.25, 0.3) is 0 Å². The van der Waals surface area contributed by atoms with Crippen molar-refractivity contribution in [3.05, 3.63) is 17.2 Å². The zero-order valence-corrected chi connectivity index (χ0v) is 9.03. The minimum atomic E-state index is 0. The molecule has 0 fully saturated rings. The molecule has 0 aliphatic carbocycles. The molecule has 1 aliphatic rings. The van der Waals surface area contributed by atoms with Gasteiger partial charge in [0.1, 0.15) is 0 Å². The second kappa shape index (κ2) is 4.62. The normalized spacial score (nSPS) is 14.1. The summed E-state index contributed by atoms with van der Waals surface area (Å²) in [6, 6.07) is 3.39. The van der Waals surface area contributed by atoms with Crippen LogP contribution in [0, 0.1) is 0 Å². The number of benzene rings is 1. The molecule has 78 valence electrons. The van der Waals surface area contributed by atoms with Crippen LogP contribution in [0.3, 0.4) is 0 Å². The van der Waals surface area contributed by atoms with E-state index in [0.717, 1.165) is 6.42 Å². The molecule has 1 aliphatic heterocycles. The molecule has 1 aromatic carbocycles. The van der Waals surface area contributed by atoms with Gasteiger partial charge in [-0.25, -0.2) is 0 Å². The Morgan fingerprint density at radius 3 is 2.36 bits per heavy atom. The molecule has 0 aromatic heterocycles. The highest BCUT2D eigenvalue weighted by atomic mass is 35.5. The van der Waals surface area contributed by atoms with Crippen molar-refractivity contribution in [3.8, 4) is 11.5 Å². The van der Waals surface area contributed by atoms with E-state index in [9.17, 15) is 0 Å². The van der Waals surface area contributed by atoms with Crippen molar-refractivity contribution < 1.29 is 9.47 Å². The van der Waals surface area contributed by atoms with Crippen LogP contribution in [-0.2, 0) is 0 Å². The van der Waals surface area contributed by atoms with E-state index >= 15 is 0 Å². The summed E-state index contributed by atoms with van der Waals surface area (Å²) in [4.78, 5) is 0. The first-order valence-electron chi connectivity index (χ1n) is 4.12. The Bertz CT molecular complexity index is 300. The summed E-state index contributed by atoms with van der Waals surface area (Å²) in [6.45, 7) is 1.32. The van der Waals surface area contributed by atoms with Crippen molar-refractivity contribution in [3.63, 3.8) is 0 Å². The molecule has 1 aromatic rings. The molecular weight excluding hydrogens is 225 g/mol. The summed E-state index contributed by atoms with van der Waals surface area (Å²) in [6.07, 6.45) is 0.881. The summed E-state index contributed by atoms with van der Waals surface area (Å²) < 4.78 is 10.8. The third-order valence-corrected chi connectivity index (χ3v) is 2.19. The van der Waals surface area contributed by atoms with Crippen LogP contribution in [0.2, 0.25) is 5.02 Å². The Labute approximate surface area is 93.5 Å². The number of anilines is 1. The van der Waals surface area contributed by atoms with E-state index in [4.69, 9.17) is 26.8 Å². The first kappa shape index (κ1) is 11.3. The molecule has 0 atom stereocenters. The smallest absolute Gasteiger partial charge is 0.163 e. The van der Waals surface area contributed by atoms with Gasteiger partial charge >= 0.3 is 0 Å². The van der Waals surface area contributed by atoms with Crippen molar-refractivity contribution in [1.29, 1.82) is 0 Å². The molecule has 0 radical (unpaired) electrons. The average molecular weight is 236 g/mol. The van der Waals surface area contributed by atoms with Gasteiger partial charge in [-0.3, -0.25) is 0 Å². The predicted octanol–water partition coefficient (Wildman–Crippen LogP) is 2.51. The van der Waals surface area contributed by atoms with Crippen molar-refractivity contribution in [2.24, 2.45) is 0 Å². The van der Waals surface area contributed by atoms with Crippen LogP contribution in [0.15, 0.2) is 12.1 Å². The molecule has 0 unspecified atom stereocenters. The molecule has 2 rings (SSSR count). The van der Waals surface area contributed by atoms with Crippen LogP contribution in [0.1, 0.15) is 6.42 Å². The molecule has 0 saturated heterocycles. The molecule has 14 heavy (non-hydrogen) atoms. The molecular formula is C9H11Cl2NO2. The number of hydrogen-bond donors (Lipinski definition) is 1. The van der Waals surface area contributed by atoms with Gasteiger partial charge in [-0.1, -0.05) is 11.6 Å². The Kier molecular flexibility index (Phi) is 3.72. The fraction of sp³-hybridized carbons (Fsp3) is 0.333. The van der Waals surface area contributed by atoms with E-state index in [-0.39, 0.29) is 12.4 Å². The van der Waals surface area contributed by atoms with Gasteiger partial charge < -0.3 is 15.2 Å². The zero-order valence-electron chi connectivity index (χ0n) is 7.46. The number of fused-ring (bicyclic) bond motifs is 1. The van der Waals surface area contributed by atoms with Gasteiger partial charge in [0.25, 0.3) is 0 Å². The maximum Gasteiger partial charge on any atom is 0.163 e. The molecule has 0 bridgehead atoms. The van der Waals surface area contributed by atoms with Crippen LogP contribution in [-0.4, -0.2) is 13.2 Å². The summed E-state index contributed by atoms with van der Waals surface area (Å²) >= 11 is 5.84. The van der Waals surface area contributed by atoms with Crippen molar-refractivity contribution in [2.75, 3.05) is 18.9 Å². The first-order valence-corrected chi connectivity index (χ1v) is 4.50. The first-order chi connectivity index (χ1) is 6.27. The molecule has 3 nitrogen and oxygen atoms in total. The van der Waals surface area contributed by atoms with Crippen LogP contribution in [0.5, 0.6) is 11.5 Å². The van der Waals surface area contributed by atoms with Gasteiger partial charge in [0.2, 0.25) is 0 Å². The molecule has 2 N–H and O–H groups in total. The van der Waals surface area contributed by atoms with Gasteiger partial charge in [0.05, 0.1) is 23.9 Å². The van der Waals surface area contributed by atoms with E-state index in [1.54, 1.807) is 12.1 Å². The summed E-state index contributed by atoms with van der Waals surface area (Å²) in [7, 11) is 0. The lowest BCUT2D eigenvalue weighted by Gasteiger charge is -2.08. The third kappa shape index (κ3) is 2.16. The molecule has 0 amide bonds. The molecule has 0 spiro atoms. The van der Waals surface area contributed by atoms with Crippen molar-refractivity contribution in [2.45, 2.75) is 6.42 Å². The Hall–Kier alpha value is -0.800. The monoisotopic (exact) mass is 235 g/mol. The number of nitrogen functional groups attached to an aromatic ring is 1. The lowest BCUT2D eigenvalue weighted by molar-refractivity contribution is 0.297. The number of nitrogens with two attached hydrogens (primary N) is 1. The lowest BCUT2D eigenvalue weighted by atomic mass is 10.3. The second-order valence-corrected chi connectivity index (χ2v) is 3.28. The Balaban J connectivity index is 0.000000980. The number of hydrogen-bond acceptors (Lipinski definition) is 3. The van der Waals surface area contributed by atoms with E-state index in [1.165, 1.54) is 0 Å². The summed E-state index contributed by atoms with van der Waals surface area (Å²) in [5.74, 6) is 1.36. The van der Waals surface area contributed by atoms with E-state index in [0.29, 0.717) is 35.4 Å². The zero-order chi connectivity index (χ0) is 9.26. The maximum absolute atomic E-state index is 5.84. The number of ether oxygens (including phenoxy) is 2. The molecule has 5 heteroatoms. The number of halogens is 2. The topological polar surface area (TPSA) is 44.5 Å². The molecule has 1 heterocycles. The van der Waals surface area contributed by atoms with Crippen molar-refractivity contribution >= 4 is 29.7 Å². The second-order valence-electron chi connectivity index (χ2n) is 2.87. The minimum absolute atomic E-state index is 0. The van der Waals surface area contributed by atoms with Gasteiger partial charge in [-0.2, -0.15) is 0 Å². The van der Waals surface area contributed by atoms with E-state index < -0.39 is 0 Å². The maximum atomic E-state index is 5.84. The largest absolute Gasteiger partial charge is 0.490 e. The third-order valence-electron chi connectivity index (χ3n) is 1.87. The highest BCUT2D eigenvalue weighted by Crippen LogP contribution is 2.35. The van der Waals surface area contributed by atoms with Gasteiger partial charge in [-0.15, -0.1) is 12.4 Å². The highest BCUT2D eigenvalue weighted by Gasteiger charge is 2.12. The van der Waals surface area contributed by atoms with Gasteiger partial charge in [0, 0.05) is 18.6 Å². The van der Waals surface area contributed by atoms with Crippen LogP contribution in [0.4, 0.5) is 5.69 Å². The standard InChI is InChI=1S/C9H10ClNO2.ClH/c10-6-4-8-9(5-7(6)11)13-3-1-2-12-8;/h4-5H,1-3,11H2;1H. The quantitative estimate of drug-likeness (QED) is 0.704. The van der Waals surface area contributed by atoms with E-state index in [2.05, 4.69) is 0 Å². The number of rotatable bonds is 0. The van der Waals surface area contributed by atoms with E-state index in [1.807, 2.05) is 0 Å². The lowest BCUT2D eigenvalue weighted by Crippen LogP contribution is -1.97. The highest BCUT2D eigenvalue weighted by molar-refractivity contribution is 6.33. The average Bonchev–Trinajstić information content (AvgIpc) is 2.31. The Morgan fingerprint density at radius 1 is 1.14 bits per heavy atom. The van der Waals surface area contributed by atoms with Crippen LogP contribution >= 0.6 is 24.0 Å². The SMILES string of the molecule is Cl.Nc1cc2c(cc1Cl)OCCCO2. The van der Waals surface area contributed by atoms with Crippen molar-refractivity contribution in [1.82, 2.24) is 0 Å². The van der Waals surface area contributed by atoms with Gasteiger partial charge in [0.15, 0.2) is 11.5 Å². The summed E-state index contributed by atoms with van der Waals surface area (Å²) in [5.41, 5.74) is 6.15. The molecule has 0 saturated carbocycles. The van der Waals surface area contributed by atoms with Crippen LogP contribution < -0.4 is 15.2 Å². The summed E-state index contributed by atoms with van der Waals surface area (Å²) in [5, 5.41) is 0.504. The predicted molar refractivity (Wildman–Crippen MR) is 58.7 cm³/mol. The fourth-order valence-corrected chi connectivity index (χ4v) is 1.35.